The molecule has 0 saturated heterocycles. The second-order valence-electron chi connectivity index (χ2n) is 4.00. The highest BCUT2D eigenvalue weighted by atomic mass is 16.3. The standard InChI is InChI=1S/C9H14O/c1-9(6-10)5-7-2-3-8(9)4-7/h2-3,7-8,10H,4-6H2,1H3/t7?,8?,9-/m0/s1. The van der Waals surface area contributed by atoms with E-state index in [1.54, 1.807) is 0 Å². The predicted molar refractivity (Wildman–Crippen MR) is 40.5 cm³/mol. The zero-order chi connectivity index (χ0) is 7.19. The van der Waals surface area contributed by atoms with E-state index >= 15 is 0 Å². The maximum absolute atomic E-state index is 9.11. The van der Waals surface area contributed by atoms with Gasteiger partial charge in [-0.2, -0.15) is 0 Å². The van der Waals surface area contributed by atoms with Crippen molar-refractivity contribution >= 4 is 0 Å². The third-order valence-electron chi connectivity index (χ3n) is 3.16. The molecule has 2 unspecified atom stereocenters. The molecule has 2 bridgehead atoms. The molecule has 0 spiro atoms. The van der Waals surface area contributed by atoms with Crippen LogP contribution >= 0.6 is 0 Å². The molecule has 10 heavy (non-hydrogen) atoms. The van der Waals surface area contributed by atoms with Gasteiger partial charge in [-0.15, -0.1) is 0 Å². The van der Waals surface area contributed by atoms with Crippen LogP contribution in [0.4, 0.5) is 0 Å². The lowest BCUT2D eigenvalue weighted by Gasteiger charge is -2.28. The van der Waals surface area contributed by atoms with Crippen LogP contribution in [0.3, 0.4) is 0 Å². The fourth-order valence-corrected chi connectivity index (χ4v) is 2.37. The first kappa shape index (κ1) is 6.41. The van der Waals surface area contributed by atoms with E-state index < -0.39 is 0 Å². The maximum Gasteiger partial charge on any atom is 0.0490 e. The summed E-state index contributed by atoms with van der Waals surface area (Å²) in [7, 11) is 0. The summed E-state index contributed by atoms with van der Waals surface area (Å²) in [5.74, 6) is 1.45. The lowest BCUT2D eigenvalue weighted by atomic mass is 9.78. The monoisotopic (exact) mass is 138 g/mol. The lowest BCUT2D eigenvalue weighted by Crippen LogP contribution is -2.25. The second-order valence-corrected chi connectivity index (χ2v) is 4.00. The molecule has 0 aromatic carbocycles. The van der Waals surface area contributed by atoms with Crippen LogP contribution in [0.5, 0.6) is 0 Å². The third-order valence-corrected chi connectivity index (χ3v) is 3.16. The summed E-state index contributed by atoms with van der Waals surface area (Å²) >= 11 is 0. The molecule has 1 fully saturated rings. The van der Waals surface area contributed by atoms with Crippen LogP contribution < -0.4 is 0 Å². The van der Waals surface area contributed by atoms with Crippen LogP contribution in [-0.2, 0) is 0 Å². The van der Waals surface area contributed by atoms with E-state index in [1.165, 1.54) is 12.8 Å². The Hall–Kier alpha value is -0.300. The molecule has 0 heterocycles. The van der Waals surface area contributed by atoms with E-state index in [2.05, 4.69) is 19.1 Å². The summed E-state index contributed by atoms with van der Waals surface area (Å²) in [6.45, 7) is 2.56. The molecule has 0 radical (unpaired) electrons. The molecule has 1 saturated carbocycles. The van der Waals surface area contributed by atoms with Gasteiger partial charge in [-0.1, -0.05) is 19.1 Å². The largest absolute Gasteiger partial charge is 0.396 e. The smallest absolute Gasteiger partial charge is 0.0490 e. The summed E-state index contributed by atoms with van der Waals surface area (Å²) in [5, 5.41) is 9.11. The Morgan fingerprint density at radius 2 is 2.40 bits per heavy atom. The Kier molecular flexibility index (Phi) is 1.19. The van der Waals surface area contributed by atoms with Crippen molar-refractivity contribution in [3.63, 3.8) is 0 Å². The van der Waals surface area contributed by atoms with Crippen molar-refractivity contribution in [2.45, 2.75) is 19.8 Å². The first-order valence-corrected chi connectivity index (χ1v) is 4.04. The van der Waals surface area contributed by atoms with Crippen LogP contribution in [0.15, 0.2) is 12.2 Å². The zero-order valence-corrected chi connectivity index (χ0v) is 6.38. The number of hydrogen-bond donors (Lipinski definition) is 1. The van der Waals surface area contributed by atoms with Crippen molar-refractivity contribution in [3.8, 4) is 0 Å². The van der Waals surface area contributed by atoms with Crippen LogP contribution in [0, 0.1) is 17.3 Å². The summed E-state index contributed by atoms with van der Waals surface area (Å²) in [5.41, 5.74) is 0.222. The number of hydrogen-bond acceptors (Lipinski definition) is 1. The number of allylic oxidation sites excluding steroid dienone is 2. The van der Waals surface area contributed by atoms with Gasteiger partial charge in [0, 0.05) is 6.61 Å². The van der Waals surface area contributed by atoms with Gasteiger partial charge in [0.2, 0.25) is 0 Å². The molecule has 2 aliphatic rings. The fourth-order valence-electron chi connectivity index (χ4n) is 2.37. The van der Waals surface area contributed by atoms with Gasteiger partial charge in [-0.3, -0.25) is 0 Å². The molecule has 0 aliphatic heterocycles. The molecular weight excluding hydrogens is 124 g/mol. The molecule has 0 aromatic rings. The zero-order valence-electron chi connectivity index (χ0n) is 6.38. The van der Waals surface area contributed by atoms with Gasteiger partial charge in [-0.05, 0) is 30.1 Å². The van der Waals surface area contributed by atoms with Gasteiger partial charge in [0.15, 0.2) is 0 Å². The number of fused-ring (bicyclic) bond motifs is 2. The molecule has 1 nitrogen and oxygen atoms in total. The Labute approximate surface area is 61.8 Å². The van der Waals surface area contributed by atoms with Gasteiger partial charge < -0.3 is 5.11 Å². The van der Waals surface area contributed by atoms with E-state index in [4.69, 9.17) is 5.11 Å². The van der Waals surface area contributed by atoms with E-state index in [9.17, 15) is 0 Å². The SMILES string of the molecule is C[C@@]1(CO)CC2C=CC1C2. The van der Waals surface area contributed by atoms with Gasteiger partial charge in [-0.25, -0.2) is 0 Å². The average Bonchev–Trinajstić information content (AvgIpc) is 2.46. The summed E-state index contributed by atoms with van der Waals surface area (Å²) in [4.78, 5) is 0. The molecule has 2 aliphatic carbocycles. The minimum Gasteiger partial charge on any atom is -0.396 e. The minimum atomic E-state index is 0.222. The predicted octanol–water partition coefficient (Wildman–Crippen LogP) is 1.58. The van der Waals surface area contributed by atoms with Crippen molar-refractivity contribution in [1.82, 2.24) is 0 Å². The van der Waals surface area contributed by atoms with Crippen molar-refractivity contribution in [2.75, 3.05) is 6.61 Å². The van der Waals surface area contributed by atoms with Crippen LogP contribution in [0.25, 0.3) is 0 Å². The molecule has 1 heteroatoms. The van der Waals surface area contributed by atoms with Crippen molar-refractivity contribution < 1.29 is 5.11 Å². The second kappa shape index (κ2) is 1.85. The Morgan fingerprint density at radius 3 is 2.70 bits per heavy atom. The minimum absolute atomic E-state index is 0.222. The van der Waals surface area contributed by atoms with Crippen LogP contribution in [0.1, 0.15) is 19.8 Å². The topological polar surface area (TPSA) is 20.2 Å². The highest BCUT2D eigenvalue weighted by molar-refractivity contribution is 5.14. The Bertz CT molecular complexity index is 174. The quantitative estimate of drug-likeness (QED) is 0.545. The van der Waals surface area contributed by atoms with Gasteiger partial charge in [0.25, 0.3) is 0 Å². The van der Waals surface area contributed by atoms with Gasteiger partial charge in [0.05, 0.1) is 0 Å². The normalized spacial score (nSPS) is 50.6. The third kappa shape index (κ3) is 0.671. The van der Waals surface area contributed by atoms with Gasteiger partial charge in [0.1, 0.15) is 0 Å². The highest BCUT2D eigenvalue weighted by Crippen LogP contribution is 2.51. The summed E-state index contributed by atoms with van der Waals surface area (Å²) < 4.78 is 0. The Balaban J connectivity index is 2.22. The number of aliphatic hydroxyl groups is 1. The molecule has 1 N–H and O–H groups in total. The molecule has 56 valence electrons. The molecular formula is C9H14O. The van der Waals surface area contributed by atoms with Crippen molar-refractivity contribution in [1.29, 1.82) is 0 Å². The number of rotatable bonds is 1. The highest BCUT2D eigenvalue weighted by Gasteiger charge is 2.44. The van der Waals surface area contributed by atoms with Gasteiger partial charge >= 0.3 is 0 Å². The first-order valence-electron chi connectivity index (χ1n) is 4.04. The fraction of sp³-hybridized carbons (Fsp3) is 0.778. The van der Waals surface area contributed by atoms with E-state index in [1.807, 2.05) is 0 Å². The van der Waals surface area contributed by atoms with E-state index in [-0.39, 0.29) is 5.41 Å². The lowest BCUT2D eigenvalue weighted by molar-refractivity contribution is 0.116. The summed E-state index contributed by atoms with van der Waals surface area (Å²) in [6.07, 6.45) is 7.08. The molecule has 0 amide bonds. The molecule has 0 aromatic heterocycles. The van der Waals surface area contributed by atoms with Crippen LogP contribution in [-0.4, -0.2) is 11.7 Å². The maximum atomic E-state index is 9.11. The molecule has 2 rings (SSSR count). The molecule has 3 atom stereocenters. The van der Waals surface area contributed by atoms with E-state index in [0.29, 0.717) is 12.5 Å². The van der Waals surface area contributed by atoms with Crippen molar-refractivity contribution in [3.05, 3.63) is 12.2 Å². The van der Waals surface area contributed by atoms with E-state index in [0.717, 1.165) is 5.92 Å². The first-order chi connectivity index (χ1) is 4.74. The summed E-state index contributed by atoms with van der Waals surface area (Å²) in [6, 6.07) is 0. The Morgan fingerprint density at radius 1 is 1.60 bits per heavy atom. The van der Waals surface area contributed by atoms with Crippen molar-refractivity contribution in [2.24, 2.45) is 17.3 Å². The van der Waals surface area contributed by atoms with Crippen LogP contribution in [0.2, 0.25) is 0 Å². The number of aliphatic hydroxyl groups excluding tert-OH is 1. The average molecular weight is 138 g/mol.